The van der Waals surface area contributed by atoms with E-state index in [0.717, 1.165) is 0 Å². The van der Waals surface area contributed by atoms with E-state index in [2.05, 4.69) is 0 Å². The first kappa shape index (κ1) is 9.80. The number of nitrogens with two attached hydrogens (primary N) is 1. The Bertz CT molecular complexity index is 258. The van der Waals surface area contributed by atoms with Crippen molar-refractivity contribution in [3.63, 3.8) is 0 Å². The summed E-state index contributed by atoms with van der Waals surface area (Å²) < 4.78 is 18.1. The first-order valence-corrected chi connectivity index (χ1v) is 4.03. The van der Waals surface area contributed by atoms with Gasteiger partial charge >= 0.3 is 0 Å². The number of halogens is 1. The van der Waals surface area contributed by atoms with Gasteiger partial charge in [0.1, 0.15) is 0 Å². The summed E-state index contributed by atoms with van der Waals surface area (Å²) in [7, 11) is 0. The van der Waals surface area contributed by atoms with Gasteiger partial charge in [0.2, 0.25) is 0 Å². The lowest BCUT2D eigenvalue weighted by Crippen LogP contribution is -2.03. The predicted octanol–water partition coefficient (Wildman–Crippen LogP) is 1.17. The number of aliphatic hydroxyl groups excluding tert-OH is 1. The number of anilines is 1. The molecule has 0 bridgehead atoms. The summed E-state index contributed by atoms with van der Waals surface area (Å²) in [6, 6.07) is 4.37. The van der Waals surface area contributed by atoms with Crippen LogP contribution in [0.1, 0.15) is 6.42 Å². The second-order valence-corrected chi connectivity index (χ2v) is 2.58. The minimum atomic E-state index is -0.474. The highest BCUT2D eigenvalue weighted by molar-refractivity contribution is 5.52. The molecule has 0 aliphatic heterocycles. The van der Waals surface area contributed by atoms with Crippen molar-refractivity contribution in [2.75, 3.05) is 18.9 Å². The minimum Gasteiger partial charge on any atom is -0.488 e. The highest BCUT2D eigenvalue weighted by Crippen LogP contribution is 2.24. The number of rotatable bonds is 4. The van der Waals surface area contributed by atoms with Crippen LogP contribution in [0.25, 0.3) is 0 Å². The number of nitrogen functional groups attached to an aromatic ring is 1. The molecule has 13 heavy (non-hydrogen) atoms. The normalized spacial score (nSPS) is 10.0. The maximum Gasteiger partial charge on any atom is 0.177 e. The van der Waals surface area contributed by atoms with E-state index in [1.54, 1.807) is 6.07 Å². The number of hydrogen-bond donors (Lipinski definition) is 2. The zero-order valence-corrected chi connectivity index (χ0v) is 7.16. The summed E-state index contributed by atoms with van der Waals surface area (Å²) >= 11 is 0. The van der Waals surface area contributed by atoms with E-state index in [-0.39, 0.29) is 24.7 Å². The molecule has 0 heterocycles. The van der Waals surface area contributed by atoms with E-state index in [1.165, 1.54) is 12.1 Å². The van der Waals surface area contributed by atoms with Crippen LogP contribution in [0.15, 0.2) is 18.2 Å². The van der Waals surface area contributed by atoms with Gasteiger partial charge in [0.15, 0.2) is 11.6 Å². The lowest BCUT2D eigenvalue weighted by Gasteiger charge is -2.08. The Hall–Kier alpha value is -1.29. The lowest BCUT2D eigenvalue weighted by molar-refractivity contribution is 0.229. The molecule has 0 radical (unpaired) electrons. The van der Waals surface area contributed by atoms with Crippen molar-refractivity contribution in [2.45, 2.75) is 6.42 Å². The molecular weight excluding hydrogens is 173 g/mol. The van der Waals surface area contributed by atoms with Gasteiger partial charge in [0.25, 0.3) is 0 Å². The van der Waals surface area contributed by atoms with Gasteiger partial charge < -0.3 is 15.6 Å². The molecule has 0 aromatic heterocycles. The van der Waals surface area contributed by atoms with Crippen molar-refractivity contribution in [3.8, 4) is 5.75 Å². The number of aliphatic hydroxyl groups is 1. The van der Waals surface area contributed by atoms with E-state index >= 15 is 0 Å². The minimum absolute atomic E-state index is 0.0222. The van der Waals surface area contributed by atoms with Crippen LogP contribution in [-0.2, 0) is 0 Å². The highest BCUT2D eigenvalue weighted by Gasteiger charge is 2.05. The summed E-state index contributed by atoms with van der Waals surface area (Å²) in [6.07, 6.45) is 0.466. The molecule has 0 aliphatic carbocycles. The Morgan fingerprint density at radius 2 is 2.23 bits per heavy atom. The third-order valence-corrected chi connectivity index (χ3v) is 1.55. The molecule has 0 fully saturated rings. The third kappa shape index (κ3) is 2.59. The van der Waals surface area contributed by atoms with Crippen molar-refractivity contribution in [3.05, 3.63) is 24.0 Å². The van der Waals surface area contributed by atoms with Gasteiger partial charge in [0, 0.05) is 13.0 Å². The Morgan fingerprint density at radius 3 is 2.85 bits per heavy atom. The molecule has 1 aromatic rings. The number of ether oxygens (including phenoxy) is 1. The molecule has 1 rings (SSSR count). The molecule has 0 spiro atoms. The fourth-order valence-electron chi connectivity index (χ4n) is 0.917. The van der Waals surface area contributed by atoms with Crippen LogP contribution in [-0.4, -0.2) is 18.3 Å². The summed E-state index contributed by atoms with van der Waals surface area (Å²) in [6.45, 7) is 0.288. The van der Waals surface area contributed by atoms with Crippen molar-refractivity contribution in [1.29, 1.82) is 0 Å². The number of para-hydroxylation sites is 1. The van der Waals surface area contributed by atoms with Crippen molar-refractivity contribution in [2.24, 2.45) is 0 Å². The maximum atomic E-state index is 13.0. The monoisotopic (exact) mass is 185 g/mol. The number of hydrogen-bond acceptors (Lipinski definition) is 3. The molecule has 3 nitrogen and oxygen atoms in total. The zero-order valence-electron chi connectivity index (χ0n) is 7.16. The van der Waals surface area contributed by atoms with Crippen molar-refractivity contribution < 1.29 is 14.2 Å². The molecular formula is C9H12FNO2. The van der Waals surface area contributed by atoms with Crippen LogP contribution in [0, 0.1) is 5.82 Å². The van der Waals surface area contributed by atoms with Crippen molar-refractivity contribution in [1.82, 2.24) is 0 Å². The Morgan fingerprint density at radius 1 is 1.46 bits per heavy atom. The average Bonchev–Trinajstić information content (AvgIpc) is 2.10. The molecule has 0 unspecified atom stereocenters. The van der Waals surface area contributed by atoms with Gasteiger partial charge in [-0.25, -0.2) is 4.39 Å². The van der Waals surface area contributed by atoms with Gasteiger partial charge in [-0.3, -0.25) is 0 Å². The second kappa shape index (κ2) is 4.67. The van der Waals surface area contributed by atoms with Crippen LogP contribution in [0.4, 0.5) is 10.1 Å². The topological polar surface area (TPSA) is 55.5 Å². The van der Waals surface area contributed by atoms with E-state index in [1.807, 2.05) is 0 Å². The average molecular weight is 185 g/mol. The van der Waals surface area contributed by atoms with Crippen LogP contribution < -0.4 is 10.5 Å². The Labute approximate surface area is 75.9 Å². The molecule has 0 saturated heterocycles. The molecule has 0 aliphatic rings. The number of benzene rings is 1. The van der Waals surface area contributed by atoms with Crippen LogP contribution in [0.5, 0.6) is 5.75 Å². The quantitative estimate of drug-likeness (QED) is 0.547. The molecule has 1 aromatic carbocycles. The molecule has 3 N–H and O–H groups in total. The van der Waals surface area contributed by atoms with Gasteiger partial charge in [-0.15, -0.1) is 0 Å². The fourth-order valence-corrected chi connectivity index (χ4v) is 0.917. The molecule has 0 amide bonds. The summed E-state index contributed by atoms with van der Waals surface area (Å²) in [5.41, 5.74) is 5.75. The zero-order chi connectivity index (χ0) is 9.68. The Kier molecular flexibility index (Phi) is 3.52. The van der Waals surface area contributed by atoms with Crippen LogP contribution in [0.3, 0.4) is 0 Å². The smallest absolute Gasteiger partial charge is 0.177 e. The first-order valence-electron chi connectivity index (χ1n) is 4.03. The highest BCUT2D eigenvalue weighted by atomic mass is 19.1. The second-order valence-electron chi connectivity index (χ2n) is 2.58. The standard InChI is InChI=1S/C9H12FNO2/c10-7-3-1-4-8(11)9(7)13-6-2-5-12/h1,3-4,12H,2,5-6,11H2. The van der Waals surface area contributed by atoms with Crippen LogP contribution >= 0.6 is 0 Å². The van der Waals surface area contributed by atoms with E-state index in [0.29, 0.717) is 6.42 Å². The molecule has 0 saturated carbocycles. The molecule has 0 atom stereocenters. The van der Waals surface area contributed by atoms with Gasteiger partial charge in [-0.05, 0) is 12.1 Å². The fraction of sp³-hybridized carbons (Fsp3) is 0.333. The third-order valence-electron chi connectivity index (χ3n) is 1.55. The van der Waals surface area contributed by atoms with Crippen LogP contribution in [0.2, 0.25) is 0 Å². The maximum absolute atomic E-state index is 13.0. The van der Waals surface area contributed by atoms with E-state index in [9.17, 15) is 4.39 Å². The van der Waals surface area contributed by atoms with Gasteiger partial charge in [-0.1, -0.05) is 6.07 Å². The van der Waals surface area contributed by atoms with E-state index < -0.39 is 5.82 Å². The van der Waals surface area contributed by atoms with Gasteiger partial charge in [0.05, 0.1) is 12.3 Å². The van der Waals surface area contributed by atoms with Gasteiger partial charge in [-0.2, -0.15) is 0 Å². The predicted molar refractivity (Wildman–Crippen MR) is 48.0 cm³/mol. The van der Waals surface area contributed by atoms with E-state index in [4.69, 9.17) is 15.6 Å². The summed E-state index contributed by atoms with van der Waals surface area (Å²) in [5, 5.41) is 8.48. The Balaban J connectivity index is 2.64. The largest absolute Gasteiger partial charge is 0.488 e. The lowest BCUT2D eigenvalue weighted by atomic mass is 10.3. The summed E-state index contributed by atoms with van der Waals surface area (Å²) in [4.78, 5) is 0. The molecule has 4 heteroatoms. The SMILES string of the molecule is Nc1cccc(F)c1OCCCO. The first-order chi connectivity index (χ1) is 6.25. The van der Waals surface area contributed by atoms with Crippen molar-refractivity contribution >= 4 is 5.69 Å². The summed E-state index contributed by atoms with van der Waals surface area (Å²) in [5.74, 6) is -0.408. The molecule has 72 valence electrons.